The van der Waals surface area contributed by atoms with E-state index in [-0.39, 0.29) is 17.8 Å². The van der Waals surface area contributed by atoms with Gasteiger partial charge in [-0.25, -0.2) is 4.98 Å². The van der Waals surface area contributed by atoms with Crippen molar-refractivity contribution < 1.29 is 9.53 Å². The number of nitrogens with zero attached hydrogens (tertiary/aromatic N) is 2. The summed E-state index contributed by atoms with van der Waals surface area (Å²) in [6.07, 6.45) is 1.30. The second kappa shape index (κ2) is 5.71. The van der Waals surface area contributed by atoms with Crippen molar-refractivity contribution in [1.82, 2.24) is 15.2 Å². The van der Waals surface area contributed by atoms with E-state index in [4.69, 9.17) is 16.3 Å². The van der Waals surface area contributed by atoms with Crippen LogP contribution in [-0.2, 0) is 0 Å². The molecule has 2 rings (SSSR count). The molecule has 2 aromatic rings. The summed E-state index contributed by atoms with van der Waals surface area (Å²) in [5.74, 6) is 0.332. The van der Waals surface area contributed by atoms with Crippen molar-refractivity contribution in [3.63, 3.8) is 0 Å². The Morgan fingerprint density at radius 1 is 1.47 bits per heavy atom. The summed E-state index contributed by atoms with van der Waals surface area (Å²) < 4.78 is 5.50. The predicted octanol–water partition coefficient (Wildman–Crippen LogP) is 2.50. The summed E-state index contributed by atoms with van der Waals surface area (Å²) >= 11 is 6.07. The molecule has 1 amide bonds. The quantitative estimate of drug-likeness (QED) is 0.902. The molecule has 6 nitrogen and oxygen atoms in total. The van der Waals surface area contributed by atoms with Gasteiger partial charge in [-0.15, -0.1) is 0 Å². The molecule has 2 N–H and O–H groups in total. The zero-order valence-corrected chi connectivity index (χ0v) is 11.2. The lowest BCUT2D eigenvalue weighted by atomic mass is 10.3. The van der Waals surface area contributed by atoms with E-state index in [9.17, 15) is 4.79 Å². The third kappa shape index (κ3) is 3.45. The molecule has 0 bridgehead atoms. The van der Waals surface area contributed by atoms with E-state index >= 15 is 0 Å². The summed E-state index contributed by atoms with van der Waals surface area (Å²) in [6, 6.07) is 5.03. The van der Waals surface area contributed by atoms with Crippen LogP contribution in [0.1, 0.15) is 24.5 Å². The third-order valence-corrected chi connectivity index (χ3v) is 2.48. The molecule has 0 spiro atoms. The maximum atomic E-state index is 11.7. The maximum absolute atomic E-state index is 11.7. The number of nitrogens with one attached hydrogen (secondary N) is 2. The molecule has 0 radical (unpaired) electrons. The lowest BCUT2D eigenvalue weighted by Gasteiger charge is -2.12. The SMILES string of the molecule is CC(C)Oc1ccc(NC(=O)c2ncn[nH]2)cc1Cl. The Balaban J connectivity index is 2.10. The van der Waals surface area contributed by atoms with Crippen molar-refractivity contribution in [2.24, 2.45) is 0 Å². The van der Waals surface area contributed by atoms with Gasteiger partial charge in [-0.1, -0.05) is 11.6 Å². The van der Waals surface area contributed by atoms with Crippen molar-refractivity contribution in [3.8, 4) is 5.75 Å². The summed E-state index contributed by atoms with van der Waals surface area (Å²) in [7, 11) is 0. The lowest BCUT2D eigenvalue weighted by Crippen LogP contribution is -2.14. The Hall–Kier alpha value is -2.08. The highest BCUT2D eigenvalue weighted by atomic mass is 35.5. The zero-order chi connectivity index (χ0) is 13.8. The van der Waals surface area contributed by atoms with E-state index in [1.165, 1.54) is 6.33 Å². The zero-order valence-electron chi connectivity index (χ0n) is 10.5. The number of ether oxygens (including phenoxy) is 1. The van der Waals surface area contributed by atoms with Crippen molar-refractivity contribution in [2.45, 2.75) is 20.0 Å². The number of anilines is 1. The fourth-order valence-corrected chi connectivity index (χ4v) is 1.66. The molecule has 0 aliphatic heterocycles. The molecule has 1 aromatic carbocycles. The van der Waals surface area contributed by atoms with Gasteiger partial charge in [-0.3, -0.25) is 9.89 Å². The number of rotatable bonds is 4. The molecule has 0 aliphatic rings. The van der Waals surface area contributed by atoms with Gasteiger partial charge in [0.2, 0.25) is 5.82 Å². The highest BCUT2D eigenvalue weighted by Gasteiger charge is 2.10. The minimum Gasteiger partial charge on any atom is -0.489 e. The number of benzene rings is 1. The van der Waals surface area contributed by atoms with Crippen molar-refractivity contribution in [3.05, 3.63) is 35.4 Å². The molecule has 0 saturated carbocycles. The van der Waals surface area contributed by atoms with Gasteiger partial charge in [0.05, 0.1) is 11.1 Å². The van der Waals surface area contributed by atoms with Crippen LogP contribution in [0.5, 0.6) is 5.75 Å². The summed E-state index contributed by atoms with van der Waals surface area (Å²) in [6.45, 7) is 3.83. The molecule has 1 aromatic heterocycles. The molecule has 0 saturated heterocycles. The van der Waals surface area contributed by atoms with Crippen molar-refractivity contribution in [2.75, 3.05) is 5.32 Å². The molecule has 0 unspecified atom stereocenters. The molecule has 19 heavy (non-hydrogen) atoms. The minimum absolute atomic E-state index is 0.0344. The largest absolute Gasteiger partial charge is 0.489 e. The van der Waals surface area contributed by atoms with Crippen LogP contribution in [0, 0.1) is 0 Å². The number of hydrogen-bond donors (Lipinski definition) is 2. The van der Waals surface area contributed by atoms with Crippen LogP contribution in [0.3, 0.4) is 0 Å². The molecule has 0 fully saturated rings. The Morgan fingerprint density at radius 2 is 2.26 bits per heavy atom. The second-order valence-electron chi connectivity index (χ2n) is 4.10. The standard InChI is InChI=1S/C12H13ClN4O2/c1-7(2)19-10-4-3-8(5-9(10)13)16-12(18)11-14-6-15-17-11/h3-7H,1-2H3,(H,16,18)(H,14,15,17). The van der Waals surface area contributed by atoms with Crippen LogP contribution in [0.25, 0.3) is 0 Å². The van der Waals surface area contributed by atoms with Gasteiger partial charge in [-0.05, 0) is 32.0 Å². The second-order valence-corrected chi connectivity index (χ2v) is 4.51. The number of hydrogen-bond acceptors (Lipinski definition) is 4. The van der Waals surface area contributed by atoms with E-state index < -0.39 is 0 Å². The highest BCUT2D eigenvalue weighted by molar-refractivity contribution is 6.32. The fourth-order valence-electron chi connectivity index (χ4n) is 1.43. The van der Waals surface area contributed by atoms with Crippen LogP contribution in [-0.4, -0.2) is 27.2 Å². The van der Waals surface area contributed by atoms with Gasteiger partial charge < -0.3 is 10.1 Å². The molecule has 1 heterocycles. The van der Waals surface area contributed by atoms with E-state index in [2.05, 4.69) is 20.5 Å². The summed E-state index contributed by atoms with van der Waals surface area (Å²) in [5.41, 5.74) is 0.558. The van der Waals surface area contributed by atoms with E-state index in [1.807, 2.05) is 13.8 Å². The third-order valence-electron chi connectivity index (χ3n) is 2.18. The Bertz CT molecular complexity index is 569. The van der Waals surface area contributed by atoms with Gasteiger partial charge >= 0.3 is 0 Å². The smallest absolute Gasteiger partial charge is 0.292 e. The van der Waals surface area contributed by atoms with Crippen LogP contribution in [0.2, 0.25) is 5.02 Å². The lowest BCUT2D eigenvalue weighted by molar-refractivity contribution is 0.101. The summed E-state index contributed by atoms with van der Waals surface area (Å²) in [5, 5.41) is 9.17. The molecule has 100 valence electrons. The first kappa shape index (κ1) is 13.4. The Morgan fingerprint density at radius 3 is 2.84 bits per heavy atom. The van der Waals surface area contributed by atoms with Crippen molar-refractivity contribution in [1.29, 1.82) is 0 Å². The van der Waals surface area contributed by atoms with E-state index in [0.717, 1.165) is 0 Å². The number of halogens is 1. The van der Waals surface area contributed by atoms with Crippen LogP contribution < -0.4 is 10.1 Å². The predicted molar refractivity (Wildman–Crippen MR) is 71.6 cm³/mol. The van der Waals surface area contributed by atoms with E-state index in [1.54, 1.807) is 18.2 Å². The van der Waals surface area contributed by atoms with Crippen LogP contribution >= 0.6 is 11.6 Å². The van der Waals surface area contributed by atoms with Gasteiger partial charge in [-0.2, -0.15) is 5.10 Å². The minimum atomic E-state index is -0.383. The Kier molecular flexibility index (Phi) is 4.01. The normalized spacial score (nSPS) is 10.5. The van der Waals surface area contributed by atoms with Crippen LogP contribution in [0.15, 0.2) is 24.5 Å². The average Bonchev–Trinajstić information content (AvgIpc) is 2.86. The monoisotopic (exact) mass is 280 g/mol. The summed E-state index contributed by atoms with van der Waals surface area (Å²) in [4.78, 5) is 15.5. The van der Waals surface area contributed by atoms with Gasteiger partial charge in [0.25, 0.3) is 5.91 Å². The molecule has 7 heteroatoms. The van der Waals surface area contributed by atoms with Crippen molar-refractivity contribution >= 4 is 23.2 Å². The average molecular weight is 281 g/mol. The number of aromatic amines is 1. The first-order valence-electron chi connectivity index (χ1n) is 5.69. The van der Waals surface area contributed by atoms with Gasteiger partial charge in [0, 0.05) is 5.69 Å². The topological polar surface area (TPSA) is 79.9 Å². The first-order valence-corrected chi connectivity index (χ1v) is 6.07. The number of H-pyrrole nitrogens is 1. The highest BCUT2D eigenvalue weighted by Crippen LogP contribution is 2.28. The fraction of sp³-hybridized carbons (Fsp3) is 0.250. The molecule has 0 aliphatic carbocycles. The van der Waals surface area contributed by atoms with E-state index in [0.29, 0.717) is 16.5 Å². The Labute approximate surface area is 115 Å². The molecule has 0 atom stereocenters. The van der Waals surface area contributed by atoms with Gasteiger partial charge in [0.15, 0.2) is 0 Å². The molecular weight excluding hydrogens is 268 g/mol. The number of amides is 1. The molecular formula is C12H13ClN4O2. The maximum Gasteiger partial charge on any atom is 0.292 e. The first-order chi connectivity index (χ1) is 9.06. The number of carbonyl (C=O) groups excluding carboxylic acids is 1. The number of carbonyl (C=O) groups is 1. The van der Waals surface area contributed by atoms with Crippen LogP contribution in [0.4, 0.5) is 5.69 Å². The number of aromatic nitrogens is 3. The van der Waals surface area contributed by atoms with Gasteiger partial charge in [0.1, 0.15) is 12.1 Å².